The Morgan fingerprint density at radius 1 is 0.964 bits per heavy atom. The molecule has 0 saturated heterocycles. The predicted molar refractivity (Wildman–Crippen MR) is 105 cm³/mol. The molecule has 2 aromatic carbocycles. The fourth-order valence-electron chi connectivity index (χ4n) is 2.45. The molecule has 0 saturated carbocycles. The van der Waals surface area contributed by atoms with Crippen molar-refractivity contribution < 1.29 is 19.1 Å². The molecule has 3 amide bonds. The average molecular weight is 375 g/mol. The lowest BCUT2D eigenvalue weighted by molar-refractivity contribution is -0.143. The van der Waals surface area contributed by atoms with Crippen LogP contribution in [0.4, 0.5) is 10.5 Å². The molecule has 0 radical (unpaired) electrons. The maximum Gasteiger partial charge on any atom is 0.331 e. The maximum atomic E-state index is 11.8. The zero-order chi connectivity index (χ0) is 19.8. The van der Waals surface area contributed by atoms with Crippen molar-refractivity contribution in [1.29, 1.82) is 0 Å². The van der Waals surface area contributed by atoms with Gasteiger partial charge in [0.2, 0.25) is 0 Å². The third kappa shape index (κ3) is 5.25. The summed E-state index contributed by atoms with van der Waals surface area (Å²) in [6.45, 7) is -0.570. The summed E-state index contributed by atoms with van der Waals surface area (Å²) < 4.78 is 4.85. The first-order valence-electron chi connectivity index (χ1n) is 8.46. The van der Waals surface area contributed by atoms with Crippen molar-refractivity contribution in [3.05, 3.63) is 78.5 Å². The molecule has 0 spiro atoms. The van der Waals surface area contributed by atoms with Crippen LogP contribution in [0.2, 0.25) is 0 Å². The number of pyridine rings is 1. The highest BCUT2D eigenvalue weighted by atomic mass is 16.5. The number of nitrogens with zero attached hydrogens (tertiary/aromatic N) is 1. The molecule has 140 valence electrons. The monoisotopic (exact) mass is 375 g/mol. The van der Waals surface area contributed by atoms with E-state index in [1.54, 1.807) is 42.6 Å². The van der Waals surface area contributed by atoms with Gasteiger partial charge in [-0.15, -0.1) is 0 Å². The topological polar surface area (TPSA) is 97.4 Å². The second-order valence-corrected chi connectivity index (χ2v) is 5.73. The SMILES string of the molecule is O=C(COC(=O)/C=C/c1cccc2cccnc12)NC(=O)Nc1ccccc1. The molecule has 0 unspecified atom stereocenters. The Balaban J connectivity index is 1.49. The smallest absolute Gasteiger partial charge is 0.331 e. The molecule has 3 rings (SSSR count). The van der Waals surface area contributed by atoms with Crippen molar-refractivity contribution in [2.75, 3.05) is 11.9 Å². The molecule has 3 aromatic rings. The molecule has 0 aliphatic carbocycles. The van der Waals surface area contributed by atoms with Gasteiger partial charge in [0.25, 0.3) is 5.91 Å². The minimum absolute atomic E-state index is 0.538. The fourth-order valence-corrected chi connectivity index (χ4v) is 2.45. The highest BCUT2D eigenvalue weighted by Gasteiger charge is 2.10. The molecule has 1 aromatic heterocycles. The number of imide groups is 1. The molecule has 0 aliphatic heterocycles. The van der Waals surface area contributed by atoms with Crippen LogP contribution in [0.15, 0.2) is 72.9 Å². The number of rotatable bonds is 5. The van der Waals surface area contributed by atoms with Gasteiger partial charge in [0.05, 0.1) is 5.52 Å². The molecule has 0 fully saturated rings. The van der Waals surface area contributed by atoms with Crippen LogP contribution in [0.3, 0.4) is 0 Å². The summed E-state index contributed by atoms with van der Waals surface area (Å²) in [6, 6.07) is 17.3. The van der Waals surface area contributed by atoms with Crippen LogP contribution in [0.5, 0.6) is 0 Å². The number of hydrogen-bond donors (Lipinski definition) is 2. The number of urea groups is 1. The molecule has 7 heteroatoms. The van der Waals surface area contributed by atoms with E-state index in [0.29, 0.717) is 5.69 Å². The van der Waals surface area contributed by atoms with Gasteiger partial charge in [0.15, 0.2) is 6.61 Å². The number of esters is 1. The second kappa shape index (κ2) is 9.09. The molecule has 7 nitrogen and oxygen atoms in total. The first kappa shape index (κ1) is 18.8. The number of anilines is 1. The minimum Gasteiger partial charge on any atom is -0.452 e. The number of carbonyl (C=O) groups excluding carboxylic acids is 3. The van der Waals surface area contributed by atoms with E-state index in [9.17, 15) is 14.4 Å². The van der Waals surface area contributed by atoms with Crippen LogP contribution in [-0.4, -0.2) is 29.5 Å². The van der Waals surface area contributed by atoms with Crippen LogP contribution in [-0.2, 0) is 14.3 Å². The van der Waals surface area contributed by atoms with E-state index in [4.69, 9.17) is 4.74 Å². The van der Waals surface area contributed by atoms with Gasteiger partial charge in [-0.3, -0.25) is 15.1 Å². The van der Waals surface area contributed by atoms with Gasteiger partial charge in [-0.2, -0.15) is 0 Å². The van der Waals surface area contributed by atoms with Crippen LogP contribution >= 0.6 is 0 Å². The molecule has 1 heterocycles. The zero-order valence-corrected chi connectivity index (χ0v) is 14.8. The summed E-state index contributed by atoms with van der Waals surface area (Å²) in [5.41, 5.74) is 2.04. The van der Waals surface area contributed by atoms with Crippen LogP contribution in [0.1, 0.15) is 5.56 Å². The third-order valence-electron chi connectivity index (χ3n) is 3.69. The third-order valence-corrected chi connectivity index (χ3v) is 3.69. The van der Waals surface area contributed by atoms with E-state index in [2.05, 4.69) is 15.6 Å². The van der Waals surface area contributed by atoms with E-state index in [0.717, 1.165) is 16.5 Å². The number of nitrogens with one attached hydrogen (secondary N) is 2. The quantitative estimate of drug-likeness (QED) is 0.527. The lowest BCUT2D eigenvalue weighted by atomic mass is 10.1. The van der Waals surface area contributed by atoms with Gasteiger partial charge in [-0.25, -0.2) is 9.59 Å². The van der Waals surface area contributed by atoms with Gasteiger partial charge in [0.1, 0.15) is 0 Å². The summed E-state index contributed by atoms with van der Waals surface area (Å²) >= 11 is 0. The molecule has 0 aliphatic rings. The number of benzene rings is 2. The number of ether oxygens (including phenoxy) is 1. The van der Waals surface area contributed by atoms with Crippen molar-refractivity contribution in [3.8, 4) is 0 Å². The second-order valence-electron chi connectivity index (χ2n) is 5.73. The summed E-state index contributed by atoms with van der Waals surface area (Å²) in [5, 5.41) is 5.52. The van der Waals surface area contributed by atoms with Gasteiger partial charge < -0.3 is 10.1 Å². The highest BCUT2D eigenvalue weighted by Crippen LogP contribution is 2.17. The average Bonchev–Trinajstić information content (AvgIpc) is 2.71. The summed E-state index contributed by atoms with van der Waals surface area (Å²) in [4.78, 5) is 39.5. The number of para-hydroxylation sites is 2. The Labute approximate surface area is 161 Å². The van der Waals surface area contributed by atoms with E-state index in [-0.39, 0.29) is 0 Å². The van der Waals surface area contributed by atoms with Crippen molar-refractivity contribution >= 4 is 40.6 Å². The first-order valence-corrected chi connectivity index (χ1v) is 8.46. The Kier molecular flexibility index (Phi) is 6.10. The number of fused-ring (bicyclic) bond motifs is 1. The van der Waals surface area contributed by atoms with E-state index < -0.39 is 24.5 Å². The van der Waals surface area contributed by atoms with Crippen molar-refractivity contribution in [2.24, 2.45) is 0 Å². The zero-order valence-electron chi connectivity index (χ0n) is 14.8. The summed E-state index contributed by atoms with van der Waals surface area (Å²) in [6.07, 6.45) is 4.45. The molecule has 0 atom stereocenters. The lowest BCUT2D eigenvalue weighted by Crippen LogP contribution is -2.37. The number of hydrogen-bond acceptors (Lipinski definition) is 5. The highest BCUT2D eigenvalue weighted by molar-refractivity contribution is 6.02. The molecular weight excluding hydrogens is 358 g/mol. The van der Waals surface area contributed by atoms with Crippen LogP contribution in [0.25, 0.3) is 17.0 Å². The van der Waals surface area contributed by atoms with E-state index in [1.807, 2.05) is 30.3 Å². The Morgan fingerprint density at radius 3 is 2.57 bits per heavy atom. The normalized spacial score (nSPS) is 10.6. The number of aromatic nitrogens is 1. The predicted octanol–water partition coefficient (Wildman–Crippen LogP) is 3.14. The Morgan fingerprint density at radius 2 is 1.75 bits per heavy atom. The standard InChI is InChI=1S/C21H17N3O4/c25-18(24-21(27)23-17-9-2-1-3-10-17)14-28-19(26)12-11-16-7-4-6-15-8-5-13-22-20(15)16/h1-13H,14H2,(H2,23,24,25,27)/b12-11+. The van der Waals surface area contributed by atoms with Gasteiger partial charge in [0, 0.05) is 28.9 Å². The summed E-state index contributed by atoms with van der Waals surface area (Å²) in [5.74, 6) is -1.44. The Hall–Kier alpha value is -4.00. The molecular formula is C21H17N3O4. The molecule has 28 heavy (non-hydrogen) atoms. The van der Waals surface area contributed by atoms with Crippen molar-refractivity contribution in [3.63, 3.8) is 0 Å². The van der Waals surface area contributed by atoms with Crippen molar-refractivity contribution in [1.82, 2.24) is 10.3 Å². The minimum atomic E-state index is -0.734. The number of amides is 3. The van der Waals surface area contributed by atoms with Gasteiger partial charge in [-0.1, -0.05) is 42.5 Å². The lowest BCUT2D eigenvalue weighted by Gasteiger charge is -2.06. The van der Waals surface area contributed by atoms with Crippen LogP contribution < -0.4 is 10.6 Å². The largest absolute Gasteiger partial charge is 0.452 e. The maximum absolute atomic E-state index is 11.8. The summed E-state index contributed by atoms with van der Waals surface area (Å²) in [7, 11) is 0. The van der Waals surface area contributed by atoms with E-state index >= 15 is 0 Å². The molecule has 2 N–H and O–H groups in total. The fraction of sp³-hybridized carbons (Fsp3) is 0.0476. The first-order chi connectivity index (χ1) is 13.6. The van der Waals surface area contributed by atoms with Crippen LogP contribution in [0, 0.1) is 0 Å². The van der Waals surface area contributed by atoms with Gasteiger partial charge in [-0.05, 0) is 24.3 Å². The van der Waals surface area contributed by atoms with Gasteiger partial charge >= 0.3 is 12.0 Å². The number of carbonyl (C=O) groups is 3. The van der Waals surface area contributed by atoms with E-state index in [1.165, 1.54) is 6.08 Å². The van der Waals surface area contributed by atoms with Crippen molar-refractivity contribution in [2.45, 2.75) is 0 Å². The molecule has 0 bridgehead atoms. The Bertz CT molecular complexity index is 1030.